The number of amides is 1. The number of hydrogen-bond donors (Lipinski definition) is 1. The number of carboxylic acid groups (broad SMARTS) is 1. The van der Waals surface area contributed by atoms with E-state index in [2.05, 4.69) is 17.0 Å². The van der Waals surface area contributed by atoms with Gasteiger partial charge in [-0.1, -0.05) is 30.3 Å². The van der Waals surface area contributed by atoms with Gasteiger partial charge in [-0.2, -0.15) is 13.2 Å². The van der Waals surface area contributed by atoms with Crippen molar-refractivity contribution in [2.75, 3.05) is 32.8 Å². The Hall–Kier alpha value is -2.62. The van der Waals surface area contributed by atoms with Crippen LogP contribution in [0.25, 0.3) is 0 Å². The van der Waals surface area contributed by atoms with Crippen molar-refractivity contribution in [2.45, 2.75) is 32.5 Å². The summed E-state index contributed by atoms with van der Waals surface area (Å²) in [6.45, 7) is 5.71. The molecule has 10 heteroatoms. The van der Waals surface area contributed by atoms with Gasteiger partial charge in [0.15, 0.2) is 0 Å². The first-order valence-corrected chi connectivity index (χ1v) is 9.59. The average Bonchev–Trinajstić information content (AvgIpc) is 2.69. The van der Waals surface area contributed by atoms with Gasteiger partial charge in [-0.05, 0) is 38.4 Å². The molecule has 1 spiro atoms. The molecule has 7 nitrogen and oxygen atoms in total. The Morgan fingerprint density at radius 2 is 1.73 bits per heavy atom. The number of carboxylic acids is 1. The molecule has 2 fully saturated rings. The van der Waals surface area contributed by atoms with Crippen molar-refractivity contribution in [1.29, 1.82) is 0 Å². The highest BCUT2D eigenvalue weighted by Gasteiger charge is 2.52. The Bertz CT molecular complexity index is 747. The number of esters is 1. The molecule has 1 aromatic rings. The zero-order chi connectivity index (χ0) is 22.4. The van der Waals surface area contributed by atoms with Crippen LogP contribution in [-0.4, -0.2) is 71.7 Å². The van der Waals surface area contributed by atoms with Crippen molar-refractivity contribution in [2.24, 2.45) is 5.41 Å². The average molecular weight is 430 g/mol. The monoisotopic (exact) mass is 430 g/mol. The number of aliphatic carboxylic acids is 1. The van der Waals surface area contributed by atoms with Crippen LogP contribution in [0, 0.1) is 5.41 Å². The van der Waals surface area contributed by atoms with Gasteiger partial charge in [-0.25, -0.2) is 4.79 Å². The van der Waals surface area contributed by atoms with Crippen molar-refractivity contribution < 1.29 is 37.4 Å². The van der Waals surface area contributed by atoms with Crippen molar-refractivity contribution in [3.63, 3.8) is 0 Å². The summed E-state index contributed by atoms with van der Waals surface area (Å²) in [6, 6.07) is 10.1. The summed E-state index contributed by atoms with van der Waals surface area (Å²) >= 11 is 0. The minimum absolute atomic E-state index is 0.172. The number of carbonyl (C=O) groups excluding carboxylic acids is 2. The van der Waals surface area contributed by atoms with E-state index in [0.29, 0.717) is 19.7 Å². The lowest BCUT2D eigenvalue weighted by molar-refractivity contribution is -0.192. The highest BCUT2D eigenvalue weighted by atomic mass is 19.4. The van der Waals surface area contributed by atoms with Gasteiger partial charge in [0.1, 0.15) is 0 Å². The molecule has 0 unspecified atom stereocenters. The van der Waals surface area contributed by atoms with Crippen molar-refractivity contribution >= 4 is 17.8 Å². The largest absolute Gasteiger partial charge is 0.490 e. The van der Waals surface area contributed by atoms with Crippen LogP contribution in [-0.2, 0) is 25.7 Å². The van der Waals surface area contributed by atoms with Crippen LogP contribution in [0.4, 0.5) is 13.2 Å². The smallest absolute Gasteiger partial charge is 0.475 e. The number of nitrogens with zero attached hydrogens (tertiary/aromatic N) is 2. The van der Waals surface area contributed by atoms with E-state index in [9.17, 15) is 22.8 Å². The molecule has 30 heavy (non-hydrogen) atoms. The maximum Gasteiger partial charge on any atom is 0.490 e. The van der Waals surface area contributed by atoms with Gasteiger partial charge in [-0.15, -0.1) is 0 Å². The van der Waals surface area contributed by atoms with Gasteiger partial charge in [0.2, 0.25) is 5.91 Å². The van der Waals surface area contributed by atoms with Crippen LogP contribution in [0.3, 0.4) is 0 Å². The van der Waals surface area contributed by atoms with Crippen LogP contribution in [0.15, 0.2) is 30.3 Å². The fraction of sp³-hybridized carbons (Fsp3) is 0.550. The van der Waals surface area contributed by atoms with Crippen LogP contribution in [0.1, 0.15) is 25.3 Å². The number of carbonyl (C=O) groups is 3. The second-order valence-electron chi connectivity index (χ2n) is 7.31. The molecule has 1 aromatic carbocycles. The summed E-state index contributed by atoms with van der Waals surface area (Å²) in [4.78, 5) is 37.1. The van der Waals surface area contributed by atoms with E-state index in [0.717, 1.165) is 32.5 Å². The molecule has 0 aliphatic carbocycles. The molecular weight excluding hydrogens is 405 g/mol. The van der Waals surface area contributed by atoms with Gasteiger partial charge in [0, 0.05) is 13.1 Å². The molecule has 3 rings (SSSR count). The predicted molar refractivity (Wildman–Crippen MR) is 100 cm³/mol. The molecule has 2 saturated heterocycles. The third-order valence-electron chi connectivity index (χ3n) is 5.16. The van der Waals surface area contributed by atoms with E-state index in [4.69, 9.17) is 14.6 Å². The number of rotatable bonds is 5. The predicted octanol–water partition coefficient (Wildman–Crippen LogP) is 2.31. The zero-order valence-electron chi connectivity index (χ0n) is 16.7. The van der Waals surface area contributed by atoms with Gasteiger partial charge in [0.25, 0.3) is 0 Å². The Balaban J connectivity index is 0.000000396. The number of ether oxygens (including phenoxy) is 1. The molecule has 0 aromatic heterocycles. The third kappa shape index (κ3) is 6.19. The molecule has 2 heterocycles. The SMILES string of the molecule is CCOC(=O)CN1CCC2(CC1)CN(Cc1ccccc1)C2=O.O=C(O)C(F)(F)F. The summed E-state index contributed by atoms with van der Waals surface area (Å²) in [7, 11) is 0. The maximum absolute atomic E-state index is 12.6. The lowest BCUT2D eigenvalue weighted by atomic mass is 9.71. The molecular formula is C20H25F3N2O5. The molecule has 1 N–H and O–H groups in total. The summed E-state index contributed by atoms with van der Waals surface area (Å²) in [5.41, 5.74) is 0.996. The maximum atomic E-state index is 12.6. The Morgan fingerprint density at radius 1 is 1.17 bits per heavy atom. The molecule has 166 valence electrons. The van der Waals surface area contributed by atoms with E-state index >= 15 is 0 Å². The number of hydrogen-bond acceptors (Lipinski definition) is 5. The fourth-order valence-corrected chi connectivity index (χ4v) is 3.58. The number of halogens is 3. The molecule has 2 aliphatic heterocycles. The van der Waals surface area contributed by atoms with Crippen molar-refractivity contribution in [1.82, 2.24) is 9.80 Å². The second kappa shape index (κ2) is 9.92. The first-order valence-electron chi connectivity index (χ1n) is 9.59. The molecule has 2 aliphatic rings. The van der Waals surface area contributed by atoms with E-state index in [1.165, 1.54) is 5.56 Å². The van der Waals surface area contributed by atoms with Crippen molar-refractivity contribution in [3.05, 3.63) is 35.9 Å². The van der Waals surface area contributed by atoms with Gasteiger partial charge >= 0.3 is 18.1 Å². The number of likely N-dealkylation sites (tertiary alicyclic amines) is 2. The molecule has 0 atom stereocenters. The van der Waals surface area contributed by atoms with Crippen LogP contribution < -0.4 is 0 Å². The van der Waals surface area contributed by atoms with E-state index in [1.54, 1.807) is 0 Å². The van der Waals surface area contributed by atoms with E-state index in [1.807, 2.05) is 30.0 Å². The van der Waals surface area contributed by atoms with Crippen molar-refractivity contribution in [3.8, 4) is 0 Å². The summed E-state index contributed by atoms with van der Waals surface area (Å²) < 4.78 is 36.7. The quantitative estimate of drug-likeness (QED) is 0.570. The van der Waals surface area contributed by atoms with Gasteiger partial charge < -0.3 is 14.7 Å². The standard InChI is InChI=1S/C18H24N2O3.C2HF3O2/c1-2-23-16(21)13-19-10-8-18(9-11-19)14-20(17(18)22)12-15-6-4-3-5-7-15;3-2(4,5)1(6)7/h3-7H,2,8-14H2,1H3;(H,6,7). The minimum atomic E-state index is -5.08. The zero-order valence-corrected chi connectivity index (χ0v) is 16.7. The number of benzene rings is 1. The fourth-order valence-electron chi connectivity index (χ4n) is 3.58. The van der Waals surface area contributed by atoms with Crippen LogP contribution in [0.5, 0.6) is 0 Å². The number of β-lactam (4-membered cyclic amide) rings is 1. The molecule has 0 bridgehead atoms. The normalized spacial score (nSPS) is 18.3. The molecule has 1 amide bonds. The lowest BCUT2D eigenvalue weighted by Gasteiger charge is -2.52. The summed E-state index contributed by atoms with van der Waals surface area (Å²) in [6.07, 6.45) is -3.40. The third-order valence-corrected chi connectivity index (χ3v) is 5.16. The van der Waals surface area contributed by atoms with E-state index in [-0.39, 0.29) is 17.3 Å². The highest BCUT2D eigenvalue weighted by Crippen LogP contribution is 2.42. The van der Waals surface area contributed by atoms with Gasteiger partial charge in [0.05, 0.1) is 18.6 Å². The lowest BCUT2D eigenvalue weighted by Crippen LogP contribution is -2.64. The van der Waals surface area contributed by atoms with Crippen LogP contribution in [0.2, 0.25) is 0 Å². The Labute approximate surface area is 172 Å². The summed E-state index contributed by atoms with van der Waals surface area (Å²) in [5, 5.41) is 7.12. The minimum Gasteiger partial charge on any atom is -0.475 e. The number of piperidine rings is 1. The summed E-state index contributed by atoms with van der Waals surface area (Å²) in [5.74, 6) is -2.65. The molecule has 0 saturated carbocycles. The topological polar surface area (TPSA) is 87.2 Å². The highest BCUT2D eigenvalue weighted by molar-refractivity contribution is 5.89. The second-order valence-corrected chi connectivity index (χ2v) is 7.31. The van der Waals surface area contributed by atoms with E-state index < -0.39 is 12.1 Å². The first-order chi connectivity index (χ1) is 14.1. The molecule has 0 radical (unpaired) electrons. The van der Waals surface area contributed by atoms with Crippen LogP contribution >= 0.6 is 0 Å². The first kappa shape index (κ1) is 23.7. The van der Waals surface area contributed by atoms with Gasteiger partial charge in [-0.3, -0.25) is 14.5 Å². The number of alkyl halides is 3. The Kier molecular flexibility index (Phi) is 7.83. The Morgan fingerprint density at radius 3 is 2.20 bits per heavy atom.